The van der Waals surface area contributed by atoms with Gasteiger partial charge in [-0.2, -0.15) is 9.61 Å². The molecule has 4 aromatic rings. The highest BCUT2D eigenvalue weighted by Crippen LogP contribution is 2.39. The lowest BCUT2D eigenvalue weighted by molar-refractivity contribution is 0.0972. The Kier molecular flexibility index (Phi) is 4.21. The third kappa shape index (κ3) is 2.74. The molecule has 0 unspecified atom stereocenters. The zero-order valence-electron chi connectivity index (χ0n) is 15.2. The second-order valence-electron chi connectivity index (χ2n) is 7.33. The van der Waals surface area contributed by atoms with Crippen molar-refractivity contribution in [1.82, 2.24) is 19.2 Å². The molecule has 0 bridgehead atoms. The highest BCUT2D eigenvalue weighted by molar-refractivity contribution is 9.10. The van der Waals surface area contributed by atoms with Crippen molar-refractivity contribution in [2.45, 2.75) is 32.7 Å². The number of aromatic nitrogens is 4. The maximum absolute atomic E-state index is 13.1. The van der Waals surface area contributed by atoms with E-state index in [0.717, 1.165) is 34.0 Å². The van der Waals surface area contributed by atoms with Crippen LogP contribution < -0.4 is 5.69 Å². The number of nitrogens with zero attached hydrogens (tertiary/aromatic N) is 4. The first kappa shape index (κ1) is 17.8. The van der Waals surface area contributed by atoms with Crippen LogP contribution in [0.4, 0.5) is 0 Å². The molecule has 5 rings (SSSR count). The predicted molar refractivity (Wildman–Crippen MR) is 112 cm³/mol. The Morgan fingerprint density at radius 1 is 1.32 bits per heavy atom. The van der Waals surface area contributed by atoms with Crippen LogP contribution in [0.5, 0.6) is 0 Å². The highest BCUT2D eigenvalue weighted by atomic mass is 79.9. The lowest BCUT2D eigenvalue weighted by Gasteiger charge is -2.17. The van der Waals surface area contributed by atoms with E-state index in [1.165, 1.54) is 21.3 Å². The quantitative estimate of drug-likeness (QED) is 0.438. The van der Waals surface area contributed by atoms with Gasteiger partial charge in [-0.15, -0.1) is 11.3 Å². The molecule has 3 heterocycles. The van der Waals surface area contributed by atoms with Crippen LogP contribution in [0.15, 0.2) is 39.9 Å². The van der Waals surface area contributed by atoms with Gasteiger partial charge in [-0.3, -0.25) is 9.36 Å². The Labute approximate surface area is 173 Å². The van der Waals surface area contributed by atoms with Gasteiger partial charge in [0.1, 0.15) is 11.2 Å². The number of carbonyl (C=O) groups is 1. The largest absolute Gasteiger partial charge is 0.352 e. The van der Waals surface area contributed by atoms with Gasteiger partial charge >= 0.3 is 5.69 Å². The molecule has 0 saturated heterocycles. The van der Waals surface area contributed by atoms with Crippen molar-refractivity contribution in [3.63, 3.8) is 0 Å². The van der Waals surface area contributed by atoms with Crippen LogP contribution in [0.25, 0.3) is 15.9 Å². The zero-order valence-corrected chi connectivity index (χ0v) is 17.6. The normalized spacial score (nSPS) is 16.6. The highest BCUT2D eigenvalue weighted by Gasteiger charge is 2.26. The summed E-state index contributed by atoms with van der Waals surface area (Å²) in [5.74, 6) is 0.494. The lowest BCUT2D eigenvalue weighted by Crippen LogP contribution is -2.30. The van der Waals surface area contributed by atoms with E-state index in [0.29, 0.717) is 17.1 Å². The molecular weight excluding hydrogens is 440 g/mol. The predicted octanol–water partition coefficient (Wildman–Crippen LogP) is 3.88. The van der Waals surface area contributed by atoms with Crippen LogP contribution in [0.1, 0.15) is 34.1 Å². The minimum absolute atomic E-state index is 0.0122. The molecule has 142 valence electrons. The number of benzene rings is 1. The Morgan fingerprint density at radius 2 is 2.11 bits per heavy atom. The molecule has 8 heteroatoms. The first-order chi connectivity index (χ1) is 13.5. The molecule has 0 saturated carbocycles. The zero-order chi connectivity index (χ0) is 19.4. The van der Waals surface area contributed by atoms with E-state index in [4.69, 9.17) is 0 Å². The van der Waals surface area contributed by atoms with E-state index in [9.17, 15) is 9.59 Å². The fourth-order valence-electron chi connectivity index (χ4n) is 3.93. The van der Waals surface area contributed by atoms with E-state index < -0.39 is 0 Å². The average Bonchev–Trinajstić information content (AvgIpc) is 3.29. The van der Waals surface area contributed by atoms with E-state index in [1.54, 1.807) is 28.0 Å². The number of halogens is 1. The lowest BCUT2D eigenvalue weighted by atomic mass is 9.89. The molecule has 1 atom stereocenters. The maximum Gasteiger partial charge on any atom is 0.352 e. The van der Waals surface area contributed by atoms with Crippen LogP contribution in [0, 0.1) is 5.92 Å². The number of carbonyl (C=O) groups excluding carboxylic acids is 1. The van der Waals surface area contributed by atoms with Gasteiger partial charge < -0.3 is 0 Å². The van der Waals surface area contributed by atoms with E-state index >= 15 is 0 Å². The Hall–Kier alpha value is -2.32. The number of aryl methyl sites for hydroxylation is 1. The molecule has 0 radical (unpaired) electrons. The average molecular weight is 457 g/mol. The topological polar surface area (TPSA) is 69.3 Å². The summed E-state index contributed by atoms with van der Waals surface area (Å²) >= 11 is 5.00. The Balaban J connectivity index is 1.71. The summed E-state index contributed by atoms with van der Waals surface area (Å²) in [6, 6.07) is 7.20. The van der Waals surface area contributed by atoms with Crippen molar-refractivity contribution in [3.05, 3.63) is 61.6 Å². The van der Waals surface area contributed by atoms with Crippen LogP contribution in [-0.4, -0.2) is 24.9 Å². The summed E-state index contributed by atoms with van der Waals surface area (Å²) in [5.41, 5.74) is 2.12. The molecular formula is C20H17BrN4O2S. The van der Waals surface area contributed by atoms with Gasteiger partial charge in [-0.05, 0) is 42.9 Å². The number of fused-ring (bicyclic) bond motifs is 5. The maximum atomic E-state index is 13.1. The van der Waals surface area contributed by atoms with Gasteiger partial charge in [0.15, 0.2) is 11.4 Å². The first-order valence-electron chi connectivity index (χ1n) is 9.18. The van der Waals surface area contributed by atoms with Crippen molar-refractivity contribution < 1.29 is 4.79 Å². The van der Waals surface area contributed by atoms with Gasteiger partial charge in [0.25, 0.3) is 0 Å². The van der Waals surface area contributed by atoms with Crippen molar-refractivity contribution >= 4 is 48.9 Å². The van der Waals surface area contributed by atoms with Crippen LogP contribution >= 0.6 is 27.3 Å². The summed E-state index contributed by atoms with van der Waals surface area (Å²) in [4.78, 5) is 32.4. The van der Waals surface area contributed by atoms with Gasteiger partial charge in [0.05, 0.1) is 11.9 Å². The van der Waals surface area contributed by atoms with Crippen LogP contribution in [0.2, 0.25) is 0 Å². The molecule has 0 fully saturated rings. The minimum atomic E-state index is -0.322. The molecule has 0 aliphatic heterocycles. The molecule has 0 amide bonds. The SMILES string of the molecule is C[C@H]1CCc2sc3c(c2C1)c1ncnn1c(=O)n3CC(=O)c1ccc(Br)cc1. The van der Waals surface area contributed by atoms with E-state index in [2.05, 4.69) is 32.9 Å². The van der Waals surface area contributed by atoms with Gasteiger partial charge in [0, 0.05) is 14.9 Å². The summed E-state index contributed by atoms with van der Waals surface area (Å²) in [7, 11) is 0. The first-order valence-corrected chi connectivity index (χ1v) is 10.8. The fraction of sp³-hybridized carbons (Fsp3) is 0.300. The third-order valence-corrected chi connectivity index (χ3v) is 7.23. The van der Waals surface area contributed by atoms with Gasteiger partial charge in [0.2, 0.25) is 0 Å². The summed E-state index contributed by atoms with van der Waals surface area (Å²) < 4.78 is 3.80. The van der Waals surface area contributed by atoms with E-state index in [-0.39, 0.29) is 18.0 Å². The summed E-state index contributed by atoms with van der Waals surface area (Å²) in [5, 5.41) is 5.11. The number of rotatable bonds is 3. The van der Waals surface area contributed by atoms with Crippen molar-refractivity contribution in [1.29, 1.82) is 0 Å². The smallest absolute Gasteiger partial charge is 0.292 e. The molecule has 1 aliphatic rings. The third-order valence-electron chi connectivity index (χ3n) is 5.39. The van der Waals surface area contributed by atoms with Gasteiger partial charge in [-0.25, -0.2) is 9.78 Å². The fourth-order valence-corrected chi connectivity index (χ4v) is 5.52. The summed E-state index contributed by atoms with van der Waals surface area (Å²) in [6.45, 7) is 2.24. The second-order valence-corrected chi connectivity index (χ2v) is 9.33. The van der Waals surface area contributed by atoms with Crippen LogP contribution in [0.3, 0.4) is 0 Å². The number of hydrogen-bond acceptors (Lipinski definition) is 5. The molecule has 0 N–H and O–H groups in total. The number of thiophene rings is 1. The summed E-state index contributed by atoms with van der Waals surface area (Å²) in [6.07, 6.45) is 4.53. The van der Waals surface area contributed by atoms with E-state index in [1.807, 2.05) is 12.1 Å². The number of Topliss-reactive ketones (excluding diaryl/α,β-unsaturated/α-hetero) is 1. The van der Waals surface area contributed by atoms with Gasteiger partial charge in [-0.1, -0.05) is 35.0 Å². The Bertz CT molecular complexity index is 1290. The van der Waals surface area contributed by atoms with Crippen LogP contribution in [-0.2, 0) is 19.4 Å². The molecule has 0 spiro atoms. The molecule has 28 heavy (non-hydrogen) atoms. The van der Waals surface area contributed by atoms with Crippen molar-refractivity contribution in [2.24, 2.45) is 5.92 Å². The second kappa shape index (κ2) is 6.63. The molecule has 3 aromatic heterocycles. The molecule has 1 aliphatic carbocycles. The monoisotopic (exact) mass is 456 g/mol. The standard InChI is InChI=1S/C20H17BrN4O2S/c1-11-2-7-16-14(8-11)17-18-22-10-23-25(18)20(27)24(19(17)28-16)9-15(26)12-3-5-13(21)6-4-12/h3-6,10-11H,2,7-9H2,1H3/t11-/m0/s1. The number of ketones is 1. The Morgan fingerprint density at radius 3 is 2.89 bits per heavy atom. The minimum Gasteiger partial charge on any atom is -0.292 e. The number of hydrogen-bond donors (Lipinski definition) is 0. The van der Waals surface area contributed by atoms with Crippen molar-refractivity contribution in [2.75, 3.05) is 0 Å². The van der Waals surface area contributed by atoms with Crippen molar-refractivity contribution in [3.8, 4) is 0 Å². The molecule has 1 aromatic carbocycles. The molecule has 6 nitrogen and oxygen atoms in total.